The van der Waals surface area contributed by atoms with E-state index in [1.165, 1.54) is 12.5 Å². The summed E-state index contributed by atoms with van der Waals surface area (Å²) >= 11 is 0. The Hall–Kier alpha value is -3.73. The monoisotopic (exact) mass is 385 g/mol. The molecule has 5 heteroatoms. The fourth-order valence-electron chi connectivity index (χ4n) is 3.06. The molecule has 4 aromatic rings. The van der Waals surface area contributed by atoms with Crippen LogP contribution in [0.1, 0.15) is 28.4 Å². The van der Waals surface area contributed by atoms with Crippen molar-refractivity contribution in [1.29, 1.82) is 0 Å². The molecule has 5 nitrogen and oxygen atoms in total. The number of nitrogens with zero attached hydrogens (tertiary/aromatic N) is 1. The van der Waals surface area contributed by atoms with E-state index in [1.54, 1.807) is 24.3 Å². The van der Waals surface area contributed by atoms with Crippen molar-refractivity contribution in [2.24, 2.45) is 0 Å². The van der Waals surface area contributed by atoms with Gasteiger partial charge in [-0.15, -0.1) is 0 Å². The Kier molecular flexibility index (Phi) is 4.96. The van der Waals surface area contributed by atoms with Crippen molar-refractivity contribution in [3.05, 3.63) is 83.4 Å². The number of hydrogen-bond donors (Lipinski definition) is 0. The number of oxazole rings is 1. The predicted octanol–water partition coefficient (Wildman–Crippen LogP) is 5.15. The number of benzene rings is 3. The molecule has 0 aliphatic carbocycles. The van der Waals surface area contributed by atoms with Gasteiger partial charge in [-0.25, -0.2) is 4.98 Å². The second-order valence-electron chi connectivity index (χ2n) is 6.91. The topological polar surface area (TPSA) is 69.4 Å². The maximum absolute atomic E-state index is 12.6. The third-order valence-electron chi connectivity index (χ3n) is 4.55. The van der Waals surface area contributed by atoms with Crippen molar-refractivity contribution < 1.29 is 18.7 Å². The molecule has 1 aromatic heterocycles. The van der Waals surface area contributed by atoms with Crippen LogP contribution < -0.4 is 4.74 Å². The van der Waals surface area contributed by atoms with Crippen LogP contribution in [0.25, 0.3) is 22.6 Å². The maximum atomic E-state index is 12.6. The third kappa shape index (κ3) is 4.24. The van der Waals surface area contributed by atoms with Gasteiger partial charge >= 0.3 is 5.97 Å². The van der Waals surface area contributed by atoms with Crippen molar-refractivity contribution in [1.82, 2.24) is 4.98 Å². The van der Waals surface area contributed by atoms with Crippen LogP contribution in [0.5, 0.6) is 5.75 Å². The van der Waals surface area contributed by atoms with E-state index in [2.05, 4.69) is 4.98 Å². The Labute approximate surface area is 168 Å². The van der Waals surface area contributed by atoms with Crippen LogP contribution in [0, 0.1) is 6.92 Å². The Balaban J connectivity index is 1.52. The number of hydrogen-bond acceptors (Lipinski definition) is 5. The molecule has 144 valence electrons. The molecular weight excluding hydrogens is 366 g/mol. The van der Waals surface area contributed by atoms with Gasteiger partial charge in [0.2, 0.25) is 5.89 Å². The summed E-state index contributed by atoms with van der Waals surface area (Å²) < 4.78 is 10.8. The number of aromatic nitrogens is 1. The SMILES string of the molecule is CC(=O)Oc1ccc(C(=O)Cc2ccc3oc(-c4ccc(C)cc4)nc3c2)cc1. The summed E-state index contributed by atoms with van der Waals surface area (Å²) in [6.45, 7) is 3.37. The second kappa shape index (κ2) is 7.72. The summed E-state index contributed by atoms with van der Waals surface area (Å²) in [5.41, 5.74) is 4.90. The van der Waals surface area contributed by atoms with Crippen molar-refractivity contribution in [3.63, 3.8) is 0 Å². The van der Waals surface area contributed by atoms with Gasteiger partial charge in [0, 0.05) is 24.5 Å². The van der Waals surface area contributed by atoms with Gasteiger partial charge in [-0.05, 0) is 61.0 Å². The summed E-state index contributed by atoms with van der Waals surface area (Å²) in [6.07, 6.45) is 0.246. The largest absolute Gasteiger partial charge is 0.436 e. The normalized spacial score (nSPS) is 10.8. The first-order valence-corrected chi connectivity index (χ1v) is 9.26. The zero-order valence-electron chi connectivity index (χ0n) is 16.1. The predicted molar refractivity (Wildman–Crippen MR) is 110 cm³/mol. The van der Waals surface area contributed by atoms with E-state index in [-0.39, 0.29) is 12.2 Å². The molecule has 0 aliphatic heterocycles. The van der Waals surface area contributed by atoms with Gasteiger partial charge in [0.05, 0.1) is 0 Å². The Bertz CT molecular complexity index is 1190. The fourth-order valence-corrected chi connectivity index (χ4v) is 3.06. The number of Topliss-reactive ketones (excluding diaryl/α,β-unsaturated/α-hetero) is 1. The number of esters is 1. The molecule has 0 bridgehead atoms. The molecule has 0 fully saturated rings. The third-order valence-corrected chi connectivity index (χ3v) is 4.55. The first-order chi connectivity index (χ1) is 14.0. The van der Waals surface area contributed by atoms with Gasteiger partial charge in [-0.1, -0.05) is 23.8 Å². The van der Waals surface area contributed by atoms with Crippen LogP contribution in [0.3, 0.4) is 0 Å². The molecular formula is C24H19NO4. The summed E-state index contributed by atoms with van der Waals surface area (Å²) in [5.74, 6) is 0.558. The number of ether oxygens (including phenoxy) is 1. The zero-order chi connectivity index (χ0) is 20.4. The minimum Gasteiger partial charge on any atom is -0.436 e. The molecule has 0 saturated heterocycles. The van der Waals surface area contributed by atoms with E-state index in [4.69, 9.17) is 9.15 Å². The second-order valence-corrected chi connectivity index (χ2v) is 6.91. The maximum Gasteiger partial charge on any atom is 0.308 e. The number of carbonyl (C=O) groups excluding carboxylic acids is 2. The van der Waals surface area contributed by atoms with Gasteiger partial charge in [0.1, 0.15) is 11.3 Å². The first kappa shape index (κ1) is 18.6. The molecule has 0 aliphatic rings. The van der Waals surface area contributed by atoms with Gasteiger partial charge < -0.3 is 9.15 Å². The molecule has 1 heterocycles. The lowest BCUT2D eigenvalue weighted by atomic mass is 10.0. The number of aryl methyl sites for hydroxylation is 1. The van der Waals surface area contributed by atoms with Crippen molar-refractivity contribution >= 4 is 22.9 Å². The van der Waals surface area contributed by atoms with Gasteiger partial charge in [0.15, 0.2) is 11.4 Å². The van der Waals surface area contributed by atoms with Crippen LogP contribution in [0.4, 0.5) is 0 Å². The number of ketones is 1. The zero-order valence-corrected chi connectivity index (χ0v) is 16.1. The Morgan fingerprint density at radius 3 is 2.38 bits per heavy atom. The molecule has 0 radical (unpaired) electrons. The molecule has 0 spiro atoms. The lowest BCUT2D eigenvalue weighted by molar-refractivity contribution is -0.131. The minimum atomic E-state index is -0.394. The highest BCUT2D eigenvalue weighted by Gasteiger charge is 2.12. The summed E-state index contributed by atoms with van der Waals surface area (Å²) in [6, 6.07) is 20.1. The van der Waals surface area contributed by atoms with E-state index in [9.17, 15) is 9.59 Å². The van der Waals surface area contributed by atoms with Crippen LogP contribution in [0.15, 0.2) is 71.1 Å². The summed E-state index contributed by atoms with van der Waals surface area (Å²) in [4.78, 5) is 28.1. The lowest BCUT2D eigenvalue weighted by Crippen LogP contribution is -2.05. The van der Waals surface area contributed by atoms with Crippen LogP contribution in [-0.4, -0.2) is 16.7 Å². The number of carbonyl (C=O) groups is 2. The van der Waals surface area contributed by atoms with Crippen LogP contribution in [0.2, 0.25) is 0 Å². The molecule has 0 unspecified atom stereocenters. The molecule has 0 amide bonds. The van der Waals surface area contributed by atoms with E-state index >= 15 is 0 Å². The fraction of sp³-hybridized carbons (Fsp3) is 0.125. The van der Waals surface area contributed by atoms with Gasteiger partial charge in [-0.3, -0.25) is 9.59 Å². The quantitative estimate of drug-likeness (QED) is 0.270. The lowest BCUT2D eigenvalue weighted by Gasteiger charge is -2.04. The Morgan fingerprint density at radius 2 is 1.69 bits per heavy atom. The highest BCUT2D eigenvalue weighted by molar-refractivity contribution is 5.98. The van der Waals surface area contributed by atoms with E-state index in [0.717, 1.165) is 16.6 Å². The molecule has 0 atom stereocenters. The average molecular weight is 385 g/mol. The van der Waals surface area contributed by atoms with Crippen LogP contribution in [-0.2, 0) is 11.2 Å². The summed E-state index contributed by atoms with van der Waals surface area (Å²) in [5, 5.41) is 0. The molecule has 29 heavy (non-hydrogen) atoms. The standard InChI is InChI=1S/C24H19NO4/c1-15-3-6-19(7-4-15)24-25-21-13-17(5-12-23(21)29-24)14-22(27)18-8-10-20(11-9-18)28-16(2)26/h3-13H,14H2,1-2H3. The molecule has 3 aromatic carbocycles. The number of fused-ring (bicyclic) bond motifs is 1. The number of rotatable bonds is 5. The molecule has 4 rings (SSSR count). The van der Waals surface area contributed by atoms with E-state index in [0.29, 0.717) is 22.8 Å². The minimum absolute atomic E-state index is 0.0269. The molecule has 0 N–H and O–H groups in total. The molecule has 0 saturated carbocycles. The van der Waals surface area contributed by atoms with Crippen molar-refractivity contribution in [2.75, 3.05) is 0 Å². The summed E-state index contributed by atoms with van der Waals surface area (Å²) in [7, 11) is 0. The average Bonchev–Trinajstić information content (AvgIpc) is 3.12. The highest BCUT2D eigenvalue weighted by atomic mass is 16.5. The van der Waals surface area contributed by atoms with Crippen molar-refractivity contribution in [2.45, 2.75) is 20.3 Å². The highest BCUT2D eigenvalue weighted by Crippen LogP contribution is 2.25. The first-order valence-electron chi connectivity index (χ1n) is 9.26. The smallest absolute Gasteiger partial charge is 0.308 e. The van der Waals surface area contributed by atoms with Gasteiger partial charge in [-0.2, -0.15) is 0 Å². The van der Waals surface area contributed by atoms with E-state index < -0.39 is 5.97 Å². The van der Waals surface area contributed by atoms with Crippen molar-refractivity contribution in [3.8, 4) is 17.2 Å². The Morgan fingerprint density at radius 1 is 0.966 bits per heavy atom. The van der Waals surface area contributed by atoms with Gasteiger partial charge in [0.25, 0.3) is 0 Å². The van der Waals surface area contributed by atoms with Crippen LogP contribution >= 0.6 is 0 Å². The van der Waals surface area contributed by atoms with E-state index in [1.807, 2.05) is 49.4 Å².